The number of ether oxygens (including phenoxy) is 1. The zero-order valence-corrected chi connectivity index (χ0v) is 22.8. The number of benzene rings is 2. The number of nitrogens with one attached hydrogen (secondary N) is 1. The fourth-order valence-corrected chi connectivity index (χ4v) is 5.02. The fraction of sp³-hybridized carbons (Fsp3) is 0.387. The highest BCUT2D eigenvalue weighted by Gasteiger charge is 2.26. The topological polar surface area (TPSA) is 103 Å². The normalized spacial score (nSPS) is 14.4. The van der Waals surface area contributed by atoms with E-state index in [0.29, 0.717) is 37.1 Å². The van der Waals surface area contributed by atoms with Crippen LogP contribution >= 0.6 is 0 Å². The minimum atomic E-state index is -1.01. The Morgan fingerprint density at radius 1 is 1.02 bits per heavy atom. The minimum absolute atomic E-state index is 0.0239. The third-order valence-electron chi connectivity index (χ3n) is 7.13. The van der Waals surface area contributed by atoms with Crippen LogP contribution in [0.3, 0.4) is 0 Å². The number of nitrogens with two attached hydrogens (primary N) is 1. The second kappa shape index (κ2) is 13.0. The van der Waals surface area contributed by atoms with Gasteiger partial charge in [0.2, 0.25) is 0 Å². The summed E-state index contributed by atoms with van der Waals surface area (Å²) in [6, 6.07) is 11.8. The molecular weight excluding hydrogens is 516 g/mol. The van der Waals surface area contributed by atoms with Gasteiger partial charge in [0, 0.05) is 12.1 Å². The Kier molecular flexibility index (Phi) is 9.47. The number of carbonyl (C=O) groups is 2. The maximum atomic E-state index is 14.2. The van der Waals surface area contributed by atoms with Crippen LogP contribution in [0.25, 0.3) is 5.69 Å². The van der Waals surface area contributed by atoms with Crippen molar-refractivity contribution in [2.45, 2.75) is 64.5 Å². The predicted molar refractivity (Wildman–Crippen MR) is 150 cm³/mol. The summed E-state index contributed by atoms with van der Waals surface area (Å²) >= 11 is 0. The lowest BCUT2D eigenvalue weighted by molar-refractivity contribution is -0.151. The molecule has 1 aliphatic carbocycles. The van der Waals surface area contributed by atoms with Gasteiger partial charge in [-0.25, -0.2) is 8.78 Å². The highest BCUT2D eigenvalue weighted by Crippen LogP contribution is 2.23. The second-order valence-electron chi connectivity index (χ2n) is 10.7. The fourth-order valence-electron chi connectivity index (χ4n) is 5.02. The summed E-state index contributed by atoms with van der Waals surface area (Å²) in [4.78, 5) is 38.4. The smallest absolute Gasteiger partial charge is 0.323 e. The summed E-state index contributed by atoms with van der Waals surface area (Å²) in [5.41, 5.74) is 6.74. The molecule has 1 fully saturated rings. The van der Waals surface area contributed by atoms with E-state index in [1.54, 1.807) is 12.1 Å². The van der Waals surface area contributed by atoms with E-state index < -0.39 is 23.0 Å². The van der Waals surface area contributed by atoms with Gasteiger partial charge in [0.25, 0.3) is 5.56 Å². The Labute approximate surface area is 232 Å². The highest BCUT2D eigenvalue weighted by atomic mass is 19.1. The molecule has 1 aromatic heterocycles. The standard InChI is InChI=1S/C31H35F2N3O4/c1-19(2)17-27(31(39)40-23-5-3-4-6-23)35-16-15-20-7-10-22(11-8-20)36-28(37)14-13-25(30(36)34)29(38)24-12-9-21(32)18-26(24)33/h7-14,18-19,23,27,35H,3-6,15-17,34H2,1-2H3/t27-/m1/s1. The molecule has 1 atom stereocenters. The lowest BCUT2D eigenvalue weighted by Gasteiger charge is -2.22. The predicted octanol–water partition coefficient (Wildman–Crippen LogP) is 4.96. The molecule has 2 aromatic carbocycles. The molecule has 0 radical (unpaired) electrons. The molecule has 0 bridgehead atoms. The van der Waals surface area contributed by atoms with E-state index >= 15 is 0 Å². The van der Waals surface area contributed by atoms with Gasteiger partial charge in [0.1, 0.15) is 29.6 Å². The van der Waals surface area contributed by atoms with Crippen LogP contribution in [0, 0.1) is 17.6 Å². The number of hydrogen-bond donors (Lipinski definition) is 2. The zero-order valence-electron chi connectivity index (χ0n) is 22.8. The third-order valence-corrected chi connectivity index (χ3v) is 7.13. The lowest BCUT2D eigenvalue weighted by Crippen LogP contribution is -2.41. The molecule has 0 saturated heterocycles. The first-order chi connectivity index (χ1) is 19.1. The van der Waals surface area contributed by atoms with Crippen molar-refractivity contribution >= 4 is 17.6 Å². The molecule has 1 saturated carbocycles. The van der Waals surface area contributed by atoms with Gasteiger partial charge < -0.3 is 15.8 Å². The van der Waals surface area contributed by atoms with Crippen molar-refractivity contribution in [3.8, 4) is 5.69 Å². The summed E-state index contributed by atoms with van der Waals surface area (Å²) in [5.74, 6) is -2.58. The van der Waals surface area contributed by atoms with E-state index in [1.807, 2.05) is 12.1 Å². The van der Waals surface area contributed by atoms with Crippen molar-refractivity contribution in [1.82, 2.24) is 9.88 Å². The Bertz CT molecular complexity index is 1410. The van der Waals surface area contributed by atoms with E-state index in [0.717, 1.165) is 43.4 Å². The second-order valence-corrected chi connectivity index (χ2v) is 10.7. The summed E-state index contributed by atoms with van der Waals surface area (Å²) in [5, 5.41) is 3.34. The molecule has 3 N–H and O–H groups in total. The summed E-state index contributed by atoms with van der Waals surface area (Å²) in [6.07, 6.45) is 5.40. The molecular formula is C31H35F2N3O4. The van der Waals surface area contributed by atoms with Crippen molar-refractivity contribution in [2.24, 2.45) is 5.92 Å². The minimum Gasteiger partial charge on any atom is -0.461 e. The molecule has 0 spiro atoms. The van der Waals surface area contributed by atoms with E-state index in [4.69, 9.17) is 10.5 Å². The van der Waals surface area contributed by atoms with Crippen LogP contribution in [0.15, 0.2) is 59.4 Å². The van der Waals surface area contributed by atoms with E-state index in [1.165, 1.54) is 16.7 Å². The maximum absolute atomic E-state index is 14.2. The Hall–Kier alpha value is -3.85. The van der Waals surface area contributed by atoms with Crippen molar-refractivity contribution in [3.63, 3.8) is 0 Å². The largest absolute Gasteiger partial charge is 0.461 e. The average Bonchev–Trinajstić information content (AvgIpc) is 3.41. The van der Waals surface area contributed by atoms with Gasteiger partial charge in [-0.15, -0.1) is 0 Å². The Morgan fingerprint density at radius 2 is 1.70 bits per heavy atom. The number of carbonyl (C=O) groups excluding carboxylic acids is 2. The van der Waals surface area contributed by atoms with Crippen LogP contribution in [-0.4, -0.2) is 35.0 Å². The number of halogens is 2. The number of nitrogens with zero attached hydrogens (tertiary/aromatic N) is 1. The number of rotatable bonds is 11. The van der Waals surface area contributed by atoms with Crippen LogP contribution in [0.4, 0.5) is 14.6 Å². The first-order valence-corrected chi connectivity index (χ1v) is 13.7. The van der Waals surface area contributed by atoms with E-state index in [2.05, 4.69) is 19.2 Å². The molecule has 0 amide bonds. The molecule has 3 aromatic rings. The Morgan fingerprint density at radius 3 is 2.35 bits per heavy atom. The van der Waals surface area contributed by atoms with Crippen LogP contribution in [0.5, 0.6) is 0 Å². The summed E-state index contributed by atoms with van der Waals surface area (Å²) in [6.45, 7) is 4.71. The van der Waals surface area contributed by atoms with Gasteiger partial charge >= 0.3 is 5.97 Å². The Balaban J connectivity index is 1.44. The van der Waals surface area contributed by atoms with Crippen molar-refractivity contribution in [2.75, 3.05) is 12.3 Å². The SMILES string of the molecule is CC(C)C[C@@H](NCCc1ccc(-n2c(N)c(C(=O)c3ccc(F)cc3F)ccc2=O)cc1)C(=O)OC1CCCC1. The van der Waals surface area contributed by atoms with Crippen molar-refractivity contribution < 1.29 is 23.1 Å². The maximum Gasteiger partial charge on any atom is 0.323 e. The molecule has 0 aliphatic heterocycles. The molecule has 1 heterocycles. The number of aromatic nitrogens is 1. The van der Waals surface area contributed by atoms with Gasteiger partial charge in [0.15, 0.2) is 5.78 Å². The summed E-state index contributed by atoms with van der Waals surface area (Å²) in [7, 11) is 0. The molecule has 4 rings (SSSR count). The van der Waals surface area contributed by atoms with Crippen molar-refractivity contribution in [1.29, 1.82) is 0 Å². The first kappa shape index (κ1) is 29.1. The van der Waals surface area contributed by atoms with Gasteiger partial charge in [-0.3, -0.25) is 19.0 Å². The lowest BCUT2D eigenvalue weighted by atomic mass is 10.0. The molecule has 0 unspecified atom stereocenters. The molecule has 1 aliphatic rings. The van der Waals surface area contributed by atoms with E-state index in [-0.39, 0.29) is 35.1 Å². The number of ketones is 1. The molecule has 40 heavy (non-hydrogen) atoms. The van der Waals surface area contributed by atoms with Crippen molar-refractivity contribution in [3.05, 3.63) is 93.3 Å². The van der Waals surface area contributed by atoms with Crippen LogP contribution in [0.1, 0.15) is 67.4 Å². The first-order valence-electron chi connectivity index (χ1n) is 13.7. The van der Waals surface area contributed by atoms with E-state index in [9.17, 15) is 23.2 Å². The third kappa shape index (κ3) is 7.01. The number of pyridine rings is 1. The van der Waals surface area contributed by atoms with Gasteiger partial charge in [-0.1, -0.05) is 26.0 Å². The highest BCUT2D eigenvalue weighted by molar-refractivity contribution is 6.11. The monoisotopic (exact) mass is 551 g/mol. The molecule has 9 heteroatoms. The van der Waals surface area contributed by atoms with Gasteiger partial charge in [-0.05, 0) is 86.9 Å². The average molecular weight is 552 g/mol. The molecule has 212 valence electrons. The zero-order chi connectivity index (χ0) is 28.8. The number of hydrogen-bond acceptors (Lipinski definition) is 6. The molecule has 7 nitrogen and oxygen atoms in total. The summed E-state index contributed by atoms with van der Waals surface area (Å²) < 4.78 is 34.4. The number of nitrogen functional groups attached to an aromatic ring is 1. The quantitative estimate of drug-likeness (QED) is 0.258. The number of esters is 1. The van der Waals surface area contributed by atoms with Crippen LogP contribution < -0.4 is 16.6 Å². The van der Waals surface area contributed by atoms with Gasteiger partial charge in [-0.2, -0.15) is 0 Å². The van der Waals surface area contributed by atoms with Crippen LogP contribution in [0.2, 0.25) is 0 Å². The number of anilines is 1. The van der Waals surface area contributed by atoms with Gasteiger partial charge in [0.05, 0.1) is 16.8 Å². The van der Waals surface area contributed by atoms with Crippen LogP contribution in [-0.2, 0) is 16.0 Å².